The van der Waals surface area contributed by atoms with E-state index in [4.69, 9.17) is 21.1 Å². The number of ether oxygens (including phenoxy) is 2. The van der Waals surface area contributed by atoms with Crippen LogP contribution in [0.4, 0.5) is 0 Å². The highest BCUT2D eigenvalue weighted by atomic mass is 35.5. The molecule has 1 aromatic rings. The quantitative estimate of drug-likeness (QED) is 0.751. The van der Waals surface area contributed by atoms with E-state index in [1.54, 1.807) is 6.92 Å². The van der Waals surface area contributed by atoms with Crippen LogP contribution in [-0.2, 0) is 14.3 Å². The molecular weight excluding hydrogens is 290 g/mol. The van der Waals surface area contributed by atoms with Gasteiger partial charge in [0.25, 0.3) is 0 Å². The SMILES string of the molecule is CCOCCO[C@H](C)C(=O)N[C@H]1C[C@H]1c1ccccc1Cl. The van der Waals surface area contributed by atoms with Crippen molar-refractivity contribution in [1.29, 1.82) is 0 Å². The fraction of sp³-hybridized carbons (Fsp3) is 0.562. The van der Waals surface area contributed by atoms with Crippen molar-refractivity contribution in [2.75, 3.05) is 19.8 Å². The highest BCUT2D eigenvalue weighted by molar-refractivity contribution is 6.31. The zero-order valence-electron chi connectivity index (χ0n) is 12.5. The number of carbonyl (C=O) groups is 1. The molecule has 5 heteroatoms. The monoisotopic (exact) mass is 311 g/mol. The average Bonchev–Trinajstić information content (AvgIpc) is 3.22. The Morgan fingerprint density at radius 3 is 2.90 bits per heavy atom. The Morgan fingerprint density at radius 1 is 1.43 bits per heavy atom. The largest absolute Gasteiger partial charge is 0.379 e. The number of benzene rings is 1. The molecule has 0 bridgehead atoms. The number of amides is 1. The number of halogens is 1. The first-order valence-electron chi connectivity index (χ1n) is 7.37. The van der Waals surface area contributed by atoms with Crippen LogP contribution in [0.1, 0.15) is 31.7 Å². The molecule has 1 aromatic carbocycles. The molecule has 116 valence electrons. The van der Waals surface area contributed by atoms with Crippen LogP contribution in [-0.4, -0.2) is 37.9 Å². The topological polar surface area (TPSA) is 47.6 Å². The summed E-state index contributed by atoms with van der Waals surface area (Å²) < 4.78 is 10.6. The second-order valence-corrected chi connectivity index (χ2v) is 5.60. The molecule has 4 nitrogen and oxygen atoms in total. The molecule has 1 amide bonds. The Kier molecular flexibility index (Phi) is 6.03. The van der Waals surface area contributed by atoms with E-state index in [0.717, 1.165) is 17.0 Å². The zero-order valence-corrected chi connectivity index (χ0v) is 13.2. The van der Waals surface area contributed by atoms with Gasteiger partial charge in [-0.25, -0.2) is 0 Å². The van der Waals surface area contributed by atoms with E-state index in [1.807, 2.05) is 31.2 Å². The number of hydrogen-bond acceptors (Lipinski definition) is 3. The standard InChI is InChI=1S/C16H22ClNO3/c1-3-20-8-9-21-11(2)16(19)18-15-10-13(15)12-6-4-5-7-14(12)17/h4-7,11,13,15H,3,8-10H2,1-2H3,(H,18,19)/t11-,13+,15+/m1/s1. The smallest absolute Gasteiger partial charge is 0.249 e. The molecule has 0 unspecified atom stereocenters. The van der Waals surface area contributed by atoms with Crippen molar-refractivity contribution in [3.63, 3.8) is 0 Å². The minimum Gasteiger partial charge on any atom is -0.379 e. The van der Waals surface area contributed by atoms with Crippen molar-refractivity contribution in [3.05, 3.63) is 34.9 Å². The maximum absolute atomic E-state index is 12.0. The van der Waals surface area contributed by atoms with Crippen molar-refractivity contribution in [3.8, 4) is 0 Å². The predicted octanol–water partition coefficient (Wildman–Crippen LogP) is 2.75. The van der Waals surface area contributed by atoms with Crippen LogP contribution in [0.25, 0.3) is 0 Å². The number of hydrogen-bond donors (Lipinski definition) is 1. The second kappa shape index (κ2) is 7.78. The van der Waals surface area contributed by atoms with Gasteiger partial charge >= 0.3 is 0 Å². The first-order valence-corrected chi connectivity index (χ1v) is 7.75. The summed E-state index contributed by atoms with van der Waals surface area (Å²) in [7, 11) is 0. The molecule has 3 atom stereocenters. The molecule has 0 radical (unpaired) electrons. The lowest BCUT2D eigenvalue weighted by Crippen LogP contribution is -2.37. The fourth-order valence-corrected chi connectivity index (χ4v) is 2.55. The highest BCUT2D eigenvalue weighted by Crippen LogP contribution is 2.43. The lowest BCUT2D eigenvalue weighted by atomic mass is 10.1. The van der Waals surface area contributed by atoms with E-state index in [2.05, 4.69) is 5.32 Å². The second-order valence-electron chi connectivity index (χ2n) is 5.19. The molecule has 1 saturated carbocycles. The number of carbonyl (C=O) groups excluding carboxylic acids is 1. The van der Waals surface area contributed by atoms with Gasteiger partial charge in [-0.15, -0.1) is 0 Å². The van der Waals surface area contributed by atoms with E-state index >= 15 is 0 Å². The Balaban J connectivity index is 1.74. The lowest BCUT2D eigenvalue weighted by Gasteiger charge is -2.13. The summed E-state index contributed by atoms with van der Waals surface area (Å²) in [6, 6.07) is 7.94. The Bertz CT molecular complexity index is 480. The molecule has 1 N–H and O–H groups in total. The Hall–Kier alpha value is -1.10. The van der Waals surface area contributed by atoms with E-state index in [9.17, 15) is 4.79 Å². The maximum Gasteiger partial charge on any atom is 0.249 e. The van der Waals surface area contributed by atoms with Gasteiger partial charge in [0.2, 0.25) is 5.91 Å². The fourth-order valence-electron chi connectivity index (χ4n) is 2.28. The average molecular weight is 312 g/mol. The predicted molar refractivity (Wildman–Crippen MR) is 82.6 cm³/mol. The maximum atomic E-state index is 12.0. The molecule has 0 aromatic heterocycles. The van der Waals surface area contributed by atoms with Gasteiger partial charge < -0.3 is 14.8 Å². The van der Waals surface area contributed by atoms with Crippen LogP contribution in [0.15, 0.2) is 24.3 Å². The number of nitrogens with one attached hydrogen (secondary N) is 1. The third-order valence-corrected chi connectivity index (χ3v) is 3.94. The van der Waals surface area contributed by atoms with Crippen molar-refractivity contribution >= 4 is 17.5 Å². The third-order valence-electron chi connectivity index (χ3n) is 3.59. The van der Waals surface area contributed by atoms with Crippen molar-refractivity contribution in [2.45, 2.75) is 38.3 Å². The summed E-state index contributed by atoms with van der Waals surface area (Å²) in [5, 5.41) is 3.77. The minimum atomic E-state index is -0.460. The Labute approximate surface area is 130 Å². The van der Waals surface area contributed by atoms with Crippen LogP contribution in [0.3, 0.4) is 0 Å². The van der Waals surface area contributed by atoms with E-state index in [0.29, 0.717) is 25.7 Å². The molecule has 21 heavy (non-hydrogen) atoms. The van der Waals surface area contributed by atoms with E-state index < -0.39 is 6.10 Å². The molecule has 2 rings (SSSR count). The summed E-state index contributed by atoms with van der Waals surface area (Å²) in [5.74, 6) is 0.240. The lowest BCUT2D eigenvalue weighted by molar-refractivity contribution is -0.132. The van der Waals surface area contributed by atoms with Gasteiger partial charge in [-0.3, -0.25) is 4.79 Å². The van der Waals surface area contributed by atoms with Gasteiger partial charge in [0, 0.05) is 23.6 Å². The van der Waals surface area contributed by atoms with Gasteiger partial charge in [0.1, 0.15) is 6.10 Å². The van der Waals surface area contributed by atoms with Gasteiger partial charge in [-0.05, 0) is 31.9 Å². The molecule has 0 aliphatic heterocycles. The van der Waals surface area contributed by atoms with Crippen LogP contribution in [0, 0.1) is 0 Å². The molecule has 0 heterocycles. The van der Waals surface area contributed by atoms with Gasteiger partial charge in [0.15, 0.2) is 0 Å². The van der Waals surface area contributed by atoms with Crippen molar-refractivity contribution < 1.29 is 14.3 Å². The Morgan fingerprint density at radius 2 is 2.19 bits per heavy atom. The minimum absolute atomic E-state index is 0.0777. The molecular formula is C16H22ClNO3. The van der Waals surface area contributed by atoms with E-state index in [-0.39, 0.29) is 11.9 Å². The zero-order chi connectivity index (χ0) is 15.2. The van der Waals surface area contributed by atoms with Crippen molar-refractivity contribution in [2.24, 2.45) is 0 Å². The molecule has 1 fully saturated rings. The molecule has 1 aliphatic carbocycles. The summed E-state index contributed by atoms with van der Waals surface area (Å²) in [5.41, 5.74) is 1.11. The first kappa shape index (κ1) is 16.3. The normalized spacial score (nSPS) is 21.9. The molecule has 1 aliphatic rings. The van der Waals surface area contributed by atoms with Crippen LogP contribution in [0.5, 0.6) is 0 Å². The summed E-state index contributed by atoms with van der Waals surface area (Å²) in [6.07, 6.45) is 0.471. The third kappa shape index (κ3) is 4.70. The summed E-state index contributed by atoms with van der Waals surface area (Å²) in [6.45, 7) is 5.29. The van der Waals surface area contributed by atoms with Gasteiger partial charge in [-0.2, -0.15) is 0 Å². The summed E-state index contributed by atoms with van der Waals surface area (Å²) >= 11 is 6.17. The van der Waals surface area contributed by atoms with Gasteiger partial charge in [0.05, 0.1) is 13.2 Å². The highest BCUT2D eigenvalue weighted by Gasteiger charge is 2.41. The first-order chi connectivity index (χ1) is 10.1. The van der Waals surface area contributed by atoms with Crippen LogP contribution >= 0.6 is 11.6 Å². The van der Waals surface area contributed by atoms with Crippen LogP contribution < -0.4 is 5.32 Å². The van der Waals surface area contributed by atoms with E-state index in [1.165, 1.54) is 0 Å². The van der Waals surface area contributed by atoms with Crippen molar-refractivity contribution in [1.82, 2.24) is 5.32 Å². The molecule has 0 spiro atoms. The molecule has 0 saturated heterocycles. The van der Waals surface area contributed by atoms with Gasteiger partial charge in [-0.1, -0.05) is 29.8 Å². The van der Waals surface area contributed by atoms with Crippen LogP contribution in [0.2, 0.25) is 5.02 Å². The summed E-state index contributed by atoms with van der Waals surface area (Å²) in [4.78, 5) is 12.0. The number of rotatable bonds is 8.